The average molecular weight is 389 g/mol. The Morgan fingerprint density at radius 2 is 1.38 bits per heavy atom. The number of nitrogens with one attached hydrogen (secondary N) is 1. The van der Waals surface area contributed by atoms with Crippen molar-refractivity contribution in [3.63, 3.8) is 0 Å². The lowest BCUT2D eigenvalue weighted by Gasteiger charge is -2.27. The first-order valence-electron chi connectivity index (χ1n) is 9.33. The molecule has 1 amide bonds. The molecule has 3 aromatic carbocycles. The first-order chi connectivity index (χ1) is 14.2. The summed E-state index contributed by atoms with van der Waals surface area (Å²) in [5.41, 5.74) is 2.17. The molecule has 0 aliphatic heterocycles. The van der Waals surface area contributed by atoms with Crippen LogP contribution in [0.2, 0.25) is 0 Å². The van der Waals surface area contributed by atoms with E-state index in [9.17, 15) is 9.59 Å². The largest absolute Gasteiger partial charge is 0.467 e. The second-order valence-electron chi connectivity index (χ2n) is 6.47. The maximum absolute atomic E-state index is 12.8. The van der Waals surface area contributed by atoms with E-state index in [0.717, 1.165) is 11.1 Å². The number of ether oxygens (including phenoxy) is 2. The molecule has 3 aromatic rings. The van der Waals surface area contributed by atoms with Crippen molar-refractivity contribution in [1.29, 1.82) is 0 Å². The molecule has 0 aliphatic rings. The number of hydrogen-bond donors (Lipinski definition) is 1. The Hall–Kier alpha value is -3.44. The van der Waals surface area contributed by atoms with Gasteiger partial charge < -0.3 is 14.8 Å². The van der Waals surface area contributed by atoms with Gasteiger partial charge in [-0.25, -0.2) is 4.79 Å². The van der Waals surface area contributed by atoms with Crippen molar-refractivity contribution >= 4 is 11.9 Å². The minimum absolute atomic E-state index is 0.213. The monoisotopic (exact) mass is 389 g/mol. The van der Waals surface area contributed by atoms with Crippen LogP contribution >= 0.6 is 0 Å². The van der Waals surface area contributed by atoms with Gasteiger partial charge in [0.25, 0.3) is 5.91 Å². The number of esters is 1. The third-order valence-corrected chi connectivity index (χ3v) is 4.49. The number of amides is 1. The summed E-state index contributed by atoms with van der Waals surface area (Å²) >= 11 is 0. The van der Waals surface area contributed by atoms with E-state index in [1.165, 1.54) is 7.11 Å². The predicted octanol–water partition coefficient (Wildman–Crippen LogP) is 3.92. The molecule has 0 fully saturated rings. The molecule has 0 saturated heterocycles. The molecular formula is C24H23NO4. The fourth-order valence-electron chi connectivity index (χ4n) is 2.99. The number of carbonyl (C=O) groups is 2. The normalized spacial score (nSPS) is 12.6. The van der Waals surface area contributed by atoms with Crippen molar-refractivity contribution in [3.8, 4) is 0 Å². The zero-order valence-electron chi connectivity index (χ0n) is 16.2. The van der Waals surface area contributed by atoms with Crippen molar-refractivity contribution in [2.45, 2.75) is 18.8 Å². The number of rotatable bonds is 8. The van der Waals surface area contributed by atoms with E-state index in [1.807, 2.05) is 66.7 Å². The van der Waals surface area contributed by atoms with Crippen molar-refractivity contribution in [2.75, 3.05) is 7.11 Å². The smallest absolute Gasteiger partial charge is 0.337 e. The quantitative estimate of drug-likeness (QED) is 0.593. The maximum Gasteiger partial charge on any atom is 0.337 e. The standard InChI is InChI=1S/C24H23NO4/c1-28-24(27)22(29-17-18-11-5-2-6-12-18)21(19-13-7-3-8-14-19)25-23(26)20-15-9-4-10-16-20/h2-16,21-22H,17H2,1H3,(H,25,26)/t21-,22-/m0/s1. The SMILES string of the molecule is COC(=O)[C@@H](OCc1ccccc1)[C@@H](NC(=O)c1ccccc1)c1ccccc1. The Kier molecular flexibility index (Phi) is 7.14. The van der Waals surface area contributed by atoms with Gasteiger partial charge in [-0.15, -0.1) is 0 Å². The number of methoxy groups -OCH3 is 1. The van der Waals surface area contributed by atoms with Crippen LogP contribution in [0.4, 0.5) is 0 Å². The minimum Gasteiger partial charge on any atom is -0.467 e. The van der Waals surface area contributed by atoms with Crippen molar-refractivity contribution in [3.05, 3.63) is 108 Å². The van der Waals surface area contributed by atoms with Gasteiger partial charge in [-0.1, -0.05) is 78.9 Å². The van der Waals surface area contributed by atoms with Crippen LogP contribution in [0.5, 0.6) is 0 Å². The van der Waals surface area contributed by atoms with Crippen LogP contribution in [0, 0.1) is 0 Å². The zero-order chi connectivity index (χ0) is 20.5. The number of carbonyl (C=O) groups excluding carboxylic acids is 2. The molecule has 0 spiro atoms. The summed E-state index contributed by atoms with van der Waals surface area (Å²) in [6, 6.07) is 26.9. The van der Waals surface area contributed by atoms with Gasteiger partial charge in [0.1, 0.15) is 0 Å². The summed E-state index contributed by atoms with van der Waals surface area (Å²) in [4.78, 5) is 25.4. The second kappa shape index (κ2) is 10.2. The van der Waals surface area contributed by atoms with E-state index in [4.69, 9.17) is 9.47 Å². The second-order valence-corrected chi connectivity index (χ2v) is 6.47. The summed E-state index contributed by atoms with van der Waals surface area (Å²) in [5, 5.41) is 2.94. The Labute approximate surface area is 170 Å². The van der Waals surface area contributed by atoms with Crippen LogP contribution in [0.1, 0.15) is 27.5 Å². The van der Waals surface area contributed by atoms with Crippen LogP contribution in [0.25, 0.3) is 0 Å². The lowest BCUT2D eigenvalue weighted by atomic mass is 10.00. The van der Waals surface area contributed by atoms with E-state index < -0.39 is 18.1 Å². The third kappa shape index (κ3) is 5.53. The van der Waals surface area contributed by atoms with Gasteiger partial charge in [0, 0.05) is 5.56 Å². The van der Waals surface area contributed by atoms with E-state index in [2.05, 4.69) is 5.32 Å². The molecule has 3 rings (SSSR count). The van der Waals surface area contributed by atoms with Crippen molar-refractivity contribution in [1.82, 2.24) is 5.32 Å². The Balaban J connectivity index is 1.88. The van der Waals surface area contributed by atoms with Gasteiger partial charge in [0.05, 0.1) is 19.8 Å². The van der Waals surface area contributed by atoms with Gasteiger partial charge >= 0.3 is 5.97 Å². The fraction of sp³-hybridized carbons (Fsp3) is 0.167. The first kappa shape index (κ1) is 20.3. The minimum atomic E-state index is -1.00. The molecular weight excluding hydrogens is 366 g/mol. The number of hydrogen-bond acceptors (Lipinski definition) is 4. The van der Waals surface area contributed by atoms with Gasteiger partial charge in [0.15, 0.2) is 6.10 Å². The van der Waals surface area contributed by atoms with Crippen LogP contribution in [0.15, 0.2) is 91.0 Å². The summed E-state index contributed by atoms with van der Waals surface area (Å²) in [6.45, 7) is 0.213. The highest BCUT2D eigenvalue weighted by Crippen LogP contribution is 2.22. The molecule has 5 heteroatoms. The predicted molar refractivity (Wildman–Crippen MR) is 110 cm³/mol. The topological polar surface area (TPSA) is 64.6 Å². The van der Waals surface area contributed by atoms with Gasteiger partial charge in [-0.05, 0) is 23.3 Å². The Bertz CT molecular complexity index is 913. The molecule has 0 heterocycles. The molecule has 0 aromatic heterocycles. The molecule has 29 heavy (non-hydrogen) atoms. The summed E-state index contributed by atoms with van der Waals surface area (Å²) in [7, 11) is 1.31. The third-order valence-electron chi connectivity index (χ3n) is 4.49. The Morgan fingerprint density at radius 3 is 1.97 bits per heavy atom. The molecule has 0 unspecified atom stereocenters. The molecule has 0 saturated carbocycles. The van der Waals surface area contributed by atoms with Crippen LogP contribution in [-0.2, 0) is 20.9 Å². The molecule has 1 N–H and O–H groups in total. The maximum atomic E-state index is 12.8. The Morgan fingerprint density at radius 1 is 0.828 bits per heavy atom. The lowest BCUT2D eigenvalue weighted by molar-refractivity contribution is -0.157. The number of benzene rings is 3. The van der Waals surface area contributed by atoms with Crippen LogP contribution < -0.4 is 5.32 Å². The summed E-state index contributed by atoms with van der Waals surface area (Å²) in [6.07, 6.45) is -1.00. The van der Waals surface area contributed by atoms with Crippen LogP contribution in [-0.4, -0.2) is 25.1 Å². The van der Waals surface area contributed by atoms with E-state index in [1.54, 1.807) is 24.3 Å². The van der Waals surface area contributed by atoms with Crippen molar-refractivity contribution in [2.24, 2.45) is 0 Å². The van der Waals surface area contributed by atoms with Gasteiger partial charge in [-0.3, -0.25) is 4.79 Å². The highest BCUT2D eigenvalue weighted by Gasteiger charge is 2.33. The zero-order valence-corrected chi connectivity index (χ0v) is 16.2. The van der Waals surface area contributed by atoms with Gasteiger partial charge in [0.2, 0.25) is 0 Å². The molecule has 0 radical (unpaired) electrons. The summed E-state index contributed by atoms with van der Waals surface area (Å²) in [5.74, 6) is -0.847. The van der Waals surface area contributed by atoms with E-state index >= 15 is 0 Å². The molecule has 148 valence electrons. The van der Waals surface area contributed by atoms with Gasteiger partial charge in [-0.2, -0.15) is 0 Å². The molecule has 5 nitrogen and oxygen atoms in total. The molecule has 0 aliphatic carbocycles. The average Bonchev–Trinajstić information content (AvgIpc) is 2.79. The molecule has 0 bridgehead atoms. The molecule has 2 atom stereocenters. The fourth-order valence-corrected chi connectivity index (χ4v) is 2.99. The lowest BCUT2D eigenvalue weighted by Crippen LogP contribution is -2.42. The highest BCUT2D eigenvalue weighted by molar-refractivity contribution is 5.94. The highest BCUT2D eigenvalue weighted by atomic mass is 16.6. The van der Waals surface area contributed by atoms with Crippen LogP contribution in [0.3, 0.4) is 0 Å². The van der Waals surface area contributed by atoms with E-state index in [0.29, 0.717) is 5.56 Å². The van der Waals surface area contributed by atoms with Crippen molar-refractivity contribution < 1.29 is 19.1 Å². The first-order valence-corrected chi connectivity index (χ1v) is 9.33. The van der Waals surface area contributed by atoms with E-state index in [-0.39, 0.29) is 12.5 Å². The summed E-state index contributed by atoms with van der Waals surface area (Å²) < 4.78 is 10.9.